The van der Waals surface area contributed by atoms with Gasteiger partial charge < -0.3 is 5.32 Å². The number of hydrogen-bond donors (Lipinski definition) is 1. The number of hydrogen-bond acceptors (Lipinski definition) is 1. The highest BCUT2D eigenvalue weighted by Crippen LogP contribution is 2.32. The van der Waals surface area contributed by atoms with Gasteiger partial charge in [-0.3, -0.25) is 0 Å². The van der Waals surface area contributed by atoms with Crippen molar-refractivity contribution in [2.24, 2.45) is 0 Å². The second-order valence-corrected chi connectivity index (χ2v) is 4.00. The van der Waals surface area contributed by atoms with Crippen molar-refractivity contribution in [1.29, 1.82) is 0 Å². The van der Waals surface area contributed by atoms with Crippen molar-refractivity contribution in [3.63, 3.8) is 0 Å². The molecule has 4 heteroatoms. The van der Waals surface area contributed by atoms with Gasteiger partial charge in [-0.15, -0.1) is 0 Å². The van der Waals surface area contributed by atoms with Crippen molar-refractivity contribution >= 4 is 0 Å². The summed E-state index contributed by atoms with van der Waals surface area (Å²) in [6, 6.07) is 5.44. The summed E-state index contributed by atoms with van der Waals surface area (Å²) in [4.78, 5) is 0. The monoisotopic (exact) mass is 239 g/mol. The third-order valence-electron chi connectivity index (χ3n) is 2.64. The van der Waals surface area contributed by atoms with Gasteiger partial charge in [-0.1, -0.05) is 30.4 Å². The lowest BCUT2D eigenvalue weighted by atomic mass is 9.95. The molecule has 90 valence electrons. The summed E-state index contributed by atoms with van der Waals surface area (Å²) in [7, 11) is 0. The van der Waals surface area contributed by atoms with E-state index in [1.54, 1.807) is 12.3 Å². The largest absolute Gasteiger partial charge is 0.416 e. The minimum absolute atomic E-state index is 0.0986. The minimum atomic E-state index is -4.29. The van der Waals surface area contributed by atoms with Crippen LogP contribution in [0, 0.1) is 0 Å². The number of halogens is 3. The van der Waals surface area contributed by atoms with Gasteiger partial charge in [0.05, 0.1) is 5.56 Å². The fourth-order valence-electron chi connectivity index (χ4n) is 1.79. The molecule has 1 aliphatic rings. The first-order chi connectivity index (χ1) is 7.97. The molecule has 0 aromatic heterocycles. The van der Waals surface area contributed by atoms with E-state index in [2.05, 4.69) is 5.32 Å². The Kier molecular flexibility index (Phi) is 2.96. The molecule has 1 atom stereocenters. The minimum Gasteiger partial charge on any atom is -0.366 e. The van der Waals surface area contributed by atoms with Crippen LogP contribution in [0.2, 0.25) is 0 Å². The van der Waals surface area contributed by atoms with E-state index >= 15 is 0 Å². The van der Waals surface area contributed by atoms with Gasteiger partial charge in [0.25, 0.3) is 0 Å². The fourth-order valence-corrected chi connectivity index (χ4v) is 1.79. The molecule has 0 amide bonds. The molecule has 1 nitrogen and oxygen atoms in total. The third kappa shape index (κ3) is 2.70. The average Bonchev–Trinajstić information content (AvgIpc) is 2.28. The number of nitrogens with one attached hydrogen (secondary N) is 1. The van der Waals surface area contributed by atoms with Gasteiger partial charge in [0.1, 0.15) is 0 Å². The molecule has 0 saturated heterocycles. The second kappa shape index (κ2) is 4.28. The van der Waals surface area contributed by atoms with E-state index in [1.807, 2.05) is 19.1 Å². The highest BCUT2D eigenvalue weighted by molar-refractivity contribution is 5.35. The third-order valence-corrected chi connectivity index (χ3v) is 2.64. The molecule has 17 heavy (non-hydrogen) atoms. The van der Waals surface area contributed by atoms with E-state index in [4.69, 9.17) is 0 Å². The van der Waals surface area contributed by atoms with E-state index in [-0.39, 0.29) is 5.92 Å². The molecular formula is C13H12F3N. The molecule has 0 saturated carbocycles. The number of dihydropyridines is 1. The average molecular weight is 239 g/mol. The zero-order valence-electron chi connectivity index (χ0n) is 9.25. The Morgan fingerprint density at radius 2 is 2.00 bits per heavy atom. The van der Waals surface area contributed by atoms with Crippen LogP contribution < -0.4 is 5.32 Å². The topological polar surface area (TPSA) is 12.0 Å². The summed E-state index contributed by atoms with van der Waals surface area (Å²) >= 11 is 0. The molecule has 2 rings (SSSR count). The van der Waals surface area contributed by atoms with Crippen molar-refractivity contribution in [1.82, 2.24) is 5.32 Å². The molecule has 1 aliphatic heterocycles. The van der Waals surface area contributed by atoms with E-state index < -0.39 is 11.7 Å². The lowest BCUT2D eigenvalue weighted by Gasteiger charge is -2.17. The molecule has 1 unspecified atom stereocenters. The first kappa shape index (κ1) is 11.8. The van der Waals surface area contributed by atoms with Crippen molar-refractivity contribution in [3.05, 3.63) is 59.4 Å². The lowest BCUT2D eigenvalue weighted by molar-refractivity contribution is -0.137. The predicted octanol–water partition coefficient (Wildman–Crippen LogP) is 3.81. The molecule has 0 bridgehead atoms. The van der Waals surface area contributed by atoms with E-state index in [0.717, 1.165) is 11.8 Å². The van der Waals surface area contributed by atoms with Gasteiger partial charge in [0.2, 0.25) is 0 Å². The van der Waals surface area contributed by atoms with Crippen LogP contribution in [0.15, 0.2) is 48.3 Å². The zero-order chi connectivity index (χ0) is 12.5. The van der Waals surface area contributed by atoms with Gasteiger partial charge in [-0.05, 0) is 24.8 Å². The maximum Gasteiger partial charge on any atom is 0.416 e. The molecule has 1 N–H and O–H groups in total. The Morgan fingerprint density at radius 3 is 2.65 bits per heavy atom. The maximum absolute atomic E-state index is 12.6. The van der Waals surface area contributed by atoms with E-state index in [1.165, 1.54) is 12.1 Å². The number of rotatable bonds is 1. The number of alkyl halides is 3. The Morgan fingerprint density at radius 1 is 1.24 bits per heavy atom. The van der Waals surface area contributed by atoms with Crippen LogP contribution in [-0.2, 0) is 6.18 Å². The molecule has 0 aliphatic carbocycles. The Bertz CT molecular complexity index is 472. The smallest absolute Gasteiger partial charge is 0.366 e. The van der Waals surface area contributed by atoms with E-state index in [9.17, 15) is 13.2 Å². The van der Waals surface area contributed by atoms with Crippen LogP contribution in [0.5, 0.6) is 0 Å². The summed E-state index contributed by atoms with van der Waals surface area (Å²) < 4.78 is 37.7. The van der Waals surface area contributed by atoms with Gasteiger partial charge in [-0.25, -0.2) is 0 Å². The van der Waals surface area contributed by atoms with Crippen LogP contribution >= 0.6 is 0 Å². The van der Waals surface area contributed by atoms with Crippen LogP contribution in [0.1, 0.15) is 24.0 Å². The first-order valence-electron chi connectivity index (χ1n) is 5.25. The Labute approximate surface area is 97.6 Å². The maximum atomic E-state index is 12.6. The molecule has 0 radical (unpaired) electrons. The summed E-state index contributed by atoms with van der Waals surface area (Å²) in [6.45, 7) is 1.88. The molecule has 1 heterocycles. The van der Waals surface area contributed by atoms with Crippen molar-refractivity contribution in [2.75, 3.05) is 0 Å². The highest BCUT2D eigenvalue weighted by Gasteiger charge is 2.30. The van der Waals surface area contributed by atoms with Gasteiger partial charge >= 0.3 is 6.18 Å². The normalized spacial score (nSPS) is 19.8. The Hall–Kier alpha value is -1.71. The zero-order valence-corrected chi connectivity index (χ0v) is 9.25. The van der Waals surface area contributed by atoms with Gasteiger partial charge in [-0.2, -0.15) is 13.2 Å². The van der Waals surface area contributed by atoms with Crippen LogP contribution in [0.25, 0.3) is 0 Å². The predicted molar refractivity (Wildman–Crippen MR) is 60.2 cm³/mol. The molecular weight excluding hydrogens is 227 g/mol. The summed E-state index contributed by atoms with van der Waals surface area (Å²) in [5.74, 6) is -0.0986. The number of allylic oxidation sites excluding steroid dienone is 3. The molecule has 0 spiro atoms. The molecule has 1 aromatic carbocycles. The molecule has 1 aromatic rings. The highest BCUT2D eigenvalue weighted by atomic mass is 19.4. The molecule has 0 fully saturated rings. The lowest BCUT2D eigenvalue weighted by Crippen LogP contribution is -2.10. The summed E-state index contributed by atoms with van der Waals surface area (Å²) in [6.07, 6.45) is 1.20. The van der Waals surface area contributed by atoms with E-state index in [0.29, 0.717) is 5.56 Å². The first-order valence-corrected chi connectivity index (χ1v) is 5.25. The van der Waals surface area contributed by atoms with Crippen molar-refractivity contribution < 1.29 is 13.2 Å². The summed E-state index contributed by atoms with van der Waals surface area (Å²) in [5.41, 5.74) is 0.986. The van der Waals surface area contributed by atoms with Crippen molar-refractivity contribution in [2.45, 2.75) is 19.0 Å². The fraction of sp³-hybridized carbons (Fsp3) is 0.231. The number of benzene rings is 1. The second-order valence-electron chi connectivity index (χ2n) is 4.00. The van der Waals surface area contributed by atoms with Crippen LogP contribution in [0.3, 0.4) is 0 Å². The van der Waals surface area contributed by atoms with Crippen molar-refractivity contribution in [3.8, 4) is 0 Å². The van der Waals surface area contributed by atoms with Crippen LogP contribution in [0.4, 0.5) is 13.2 Å². The van der Waals surface area contributed by atoms with Crippen LogP contribution in [-0.4, -0.2) is 0 Å². The summed E-state index contributed by atoms with van der Waals surface area (Å²) in [5, 5.41) is 2.98. The quantitative estimate of drug-likeness (QED) is 0.785. The van der Waals surface area contributed by atoms with Gasteiger partial charge in [0, 0.05) is 11.6 Å². The Balaban J connectivity index is 2.34. The standard InChI is InChI=1S/C13H12F3N/c1-9-7-11(5-6-17-9)10-3-2-4-12(8-10)13(14,15)16/h2-8,11,17H,1H3. The SMILES string of the molecule is CC1=CC(c2cccc(C(F)(F)F)c2)C=CN1. The van der Waals surface area contributed by atoms with Gasteiger partial charge in [0.15, 0.2) is 0 Å².